The van der Waals surface area contributed by atoms with Crippen LogP contribution in [0.15, 0.2) is 24.3 Å². The molecule has 0 spiro atoms. The molecule has 2 heteroatoms. The fraction of sp³-hybridized carbons (Fsp3) is 0.571. The van der Waals surface area contributed by atoms with Crippen LogP contribution in [-0.2, 0) is 0 Å². The summed E-state index contributed by atoms with van der Waals surface area (Å²) >= 11 is 0. The van der Waals surface area contributed by atoms with E-state index in [4.69, 9.17) is 0 Å². The normalized spacial score (nSPS) is 26.9. The first-order chi connectivity index (χ1) is 7.66. The Balaban J connectivity index is 1.97. The van der Waals surface area contributed by atoms with Crippen molar-refractivity contribution in [1.82, 2.24) is 5.32 Å². The lowest BCUT2D eigenvalue weighted by atomic mass is 10.0. The van der Waals surface area contributed by atoms with Crippen molar-refractivity contribution in [2.24, 2.45) is 0 Å². The third-order valence-corrected chi connectivity index (χ3v) is 3.52. The zero-order valence-corrected chi connectivity index (χ0v) is 10.1. The number of hydrogen-bond acceptors (Lipinski definition) is 2. The summed E-state index contributed by atoms with van der Waals surface area (Å²) in [6.07, 6.45) is 3.02. The molecule has 0 aromatic heterocycles. The molecule has 2 N–H and O–H groups in total. The molecule has 1 saturated carbocycles. The van der Waals surface area contributed by atoms with E-state index in [9.17, 15) is 5.11 Å². The third kappa shape index (κ3) is 2.63. The molecule has 2 nitrogen and oxygen atoms in total. The minimum atomic E-state index is -0.159. The molecule has 1 aromatic rings. The Bertz CT molecular complexity index is 333. The molecule has 0 aliphatic heterocycles. The Morgan fingerprint density at radius 3 is 2.50 bits per heavy atom. The maximum Gasteiger partial charge on any atom is 0.0693 e. The SMILES string of the molecule is Cc1ccc([C@@H](C)N[C@H]2CCC[C@@H]2O)cc1. The van der Waals surface area contributed by atoms with Gasteiger partial charge in [-0.1, -0.05) is 29.8 Å². The van der Waals surface area contributed by atoms with E-state index < -0.39 is 0 Å². The van der Waals surface area contributed by atoms with Gasteiger partial charge in [-0.15, -0.1) is 0 Å². The Morgan fingerprint density at radius 1 is 1.25 bits per heavy atom. The summed E-state index contributed by atoms with van der Waals surface area (Å²) < 4.78 is 0. The van der Waals surface area contributed by atoms with Crippen molar-refractivity contribution in [1.29, 1.82) is 0 Å². The first kappa shape index (κ1) is 11.6. The lowest BCUT2D eigenvalue weighted by molar-refractivity contribution is 0.144. The molecule has 0 amide bonds. The van der Waals surface area contributed by atoms with Crippen molar-refractivity contribution in [3.63, 3.8) is 0 Å². The average molecular weight is 219 g/mol. The van der Waals surface area contributed by atoms with Gasteiger partial charge in [0.2, 0.25) is 0 Å². The largest absolute Gasteiger partial charge is 0.392 e. The molecule has 2 rings (SSSR count). The quantitative estimate of drug-likeness (QED) is 0.819. The van der Waals surface area contributed by atoms with Gasteiger partial charge in [-0.05, 0) is 38.7 Å². The van der Waals surface area contributed by atoms with Crippen LogP contribution in [0.4, 0.5) is 0 Å². The zero-order valence-electron chi connectivity index (χ0n) is 10.1. The second-order valence-electron chi connectivity index (χ2n) is 4.90. The van der Waals surface area contributed by atoms with E-state index in [0.29, 0.717) is 6.04 Å². The van der Waals surface area contributed by atoms with Crippen LogP contribution >= 0.6 is 0 Å². The molecule has 0 bridgehead atoms. The highest BCUT2D eigenvalue weighted by molar-refractivity contribution is 5.23. The standard InChI is InChI=1S/C14H21NO/c1-10-6-8-12(9-7-10)11(2)15-13-4-3-5-14(13)16/h6-9,11,13-16H,3-5H2,1-2H3/t11-,13+,14+/m1/s1. The summed E-state index contributed by atoms with van der Waals surface area (Å²) in [7, 11) is 0. The molecule has 0 saturated heterocycles. The second-order valence-corrected chi connectivity index (χ2v) is 4.90. The third-order valence-electron chi connectivity index (χ3n) is 3.52. The minimum Gasteiger partial charge on any atom is -0.392 e. The van der Waals surface area contributed by atoms with E-state index in [2.05, 4.69) is 43.4 Å². The molecule has 1 aliphatic rings. The van der Waals surface area contributed by atoms with Crippen LogP contribution in [0, 0.1) is 6.92 Å². The van der Waals surface area contributed by atoms with E-state index in [-0.39, 0.29) is 12.1 Å². The lowest BCUT2D eigenvalue weighted by Gasteiger charge is -2.22. The van der Waals surface area contributed by atoms with E-state index in [1.165, 1.54) is 11.1 Å². The van der Waals surface area contributed by atoms with Crippen LogP contribution in [0.2, 0.25) is 0 Å². The van der Waals surface area contributed by atoms with E-state index in [1.807, 2.05) is 0 Å². The molecule has 88 valence electrons. The lowest BCUT2D eigenvalue weighted by Crippen LogP contribution is -2.37. The first-order valence-corrected chi connectivity index (χ1v) is 6.17. The van der Waals surface area contributed by atoms with Crippen molar-refractivity contribution < 1.29 is 5.11 Å². The van der Waals surface area contributed by atoms with Gasteiger partial charge < -0.3 is 10.4 Å². The van der Waals surface area contributed by atoms with E-state index in [1.54, 1.807) is 0 Å². The van der Waals surface area contributed by atoms with Crippen molar-refractivity contribution in [3.05, 3.63) is 35.4 Å². The zero-order chi connectivity index (χ0) is 11.5. The Hall–Kier alpha value is -0.860. The smallest absolute Gasteiger partial charge is 0.0693 e. The maximum absolute atomic E-state index is 9.77. The molecule has 16 heavy (non-hydrogen) atoms. The summed E-state index contributed by atoms with van der Waals surface area (Å²) in [5, 5.41) is 13.3. The van der Waals surface area contributed by atoms with Gasteiger partial charge in [0, 0.05) is 12.1 Å². The van der Waals surface area contributed by atoms with Gasteiger partial charge in [0.1, 0.15) is 0 Å². The molecule has 3 atom stereocenters. The van der Waals surface area contributed by atoms with Gasteiger partial charge in [0.05, 0.1) is 6.10 Å². The van der Waals surface area contributed by atoms with Gasteiger partial charge in [-0.2, -0.15) is 0 Å². The van der Waals surface area contributed by atoms with Crippen molar-refractivity contribution >= 4 is 0 Å². The average Bonchev–Trinajstić information content (AvgIpc) is 2.65. The van der Waals surface area contributed by atoms with Crippen molar-refractivity contribution in [2.75, 3.05) is 0 Å². The highest BCUT2D eigenvalue weighted by Gasteiger charge is 2.26. The number of aliphatic hydroxyl groups is 1. The van der Waals surface area contributed by atoms with E-state index in [0.717, 1.165) is 19.3 Å². The van der Waals surface area contributed by atoms with E-state index >= 15 is 0 Å². The Kier molecular flexibility index (Phi) is 3.62. The molecule has 1 fully saturated rings. The number of nitrogens with one attached hydrogen (secondary N) is 1. The summed E-state index contributed by atoms with van der Waals surface area (Å²) in [6, 6.07) is 9.19. The summed E-state index contributed by atoms with van der Waals surface area (Å²) in [5.41, 5.74) is 2.58. The fourth-order valence-electron chi connectivity index (χ4n) is 2.41. The molecule has 0 heterocycles. The monoisotopic (exact) mass is 219 g/mol. The molecular weight excluding hydrogens is 198 g/mol. The fourth-order valence-corrected chi connectivity index (χ4v) is 2.41. The predicted molar refractivity (Wildman–Crippen MR) is 66.4 cm³/mol. The van der Waals surface area contributed by atoms with Crippen LogP contribution in [0.5, 0.6) is 0 Å². The van der Waals surface area contributed by atoms with Gasteiger partial charge in [-0.25, -0.2) is 0 Å². The highest BCUT2D eigenvalue weighted by Crippen LogP contribution is 2.22. The number of rotatable bonds is 3. The predicted octanol–water partition coefficient (Wildman–Crippen LogP) is 2.56. The molecule has 0 radical (unpaired) electrons. The van der Waals surface area contributed by atoms with Crippen LogP contribution < -0.4 is 5.32 Å². The van der Waals surface area contributed by atoms with Crippen LogP contribution in [0.1, 0.15) is 43.4 Å². The second kappa shape index (κ2) is 4.98. The number of hydrogen-bond donors (Lipinski definition) is 2. The molecular formula is C14H21NO. The summed E-state index contributed by atoms with van der Waals surface area (Å²) in [4.78, 5) is 0. The number of aryl methyl sites for hydroxylation is 1. The van der Waals surface area contributed by atoms with Gasteiger partial charge >= 0.3 is 0 Å². The van der Waals surface area contributed by atoms with Crippen molar-refractivity contribution in [2.45, 2.75) is 51.3 Å². The van der Waals surface area contributed by atoms with Gasteiger partial charge in [-0.3, -0.25) is 0 Å². The highest BCUT2D eigenvalue weighted by atomic mass is 16.3. The Morgan fingerprint density at radius 2 is 1.94 bits per heavy atom. The Labute approximate surface area is 97.7 Å². The number of aliphatic hydroxyl groups excluding tert-OH is 1. The van der Waals surface area contributed by atoms with Crippen molar-refractivity contribution in [3.8, 4) is 0 Å². The van der Waals surface area contributed by atoms with Crippen LogP contribution in [0.25, 0.3) is 0 Å². The van der Waals surface area contributed by atoms with Gasteiger partial charge in [0.15, 0.2) is 0 Å². The topological polar surface area (TPSA) is 32.3 Å². The molecule has 1 aliphatic carbocycles. The molecule has 1 aromatic carbocycles. The molecule has 0 unspecified atom stereocenters. The summed E-state index contributed by atoms with van der Waals surface area (Å²) in [5.74, 6) is 0. The maximum atomic E-state index is 9.77. The van der Waals surface area contributed by atoms with Gasteiger partial charge in [0.25, 0.3) is 0 Å². The number of benzene rings is 1. The minimum absolute atomic E-state index is 0.159. The van der Waals surface area contributed by atoms with Crippen LogP contribution in [-0.4, -0.2) is 17.3 Å². The first-order valence-electron chi connectivity index (χ1n) is 6.17. The summed E-state index contributed by atoms with van der Waals surface area (Å²) in [6.45, 7) is 4.26. The van der Waals surface area contributed by atoms with Crippen LogP contribution in [0.3, 0.4) is 0 Å².